The maximum Gasteiger partial charge on any atom is 0.226 e. The lowest BCUT2D eigenvalue weighted by atomic mass is 9.76. The molecule has 0 bridgehead atoms. The summed E-state index contributed by atoms with van der Waals surface area (Å²) in [5.74, 6) is 1.08. The minimum atomic E-state index is -0.319. The number of carbonyl (C=O) groups excluding carboxylic acids is 1. The van der Waals surface area contributed by atoms with Gasteiger partial charge in [-0.25, -0.2) is 0 Å². The number of β-amino-alcohol motifs (C(OH)–C–C–N with tert-alkyl or cyclic N) is 1. The summed E-state index contributed by atoms with van der Waals surface area (Å²) in [5.41, 5.74) is 0.00244. The van der Waals surface area contributed by atoms with Crippen LogP contribution in [0, 0.1) is 17.3 Å². The average Bonchev–Trinajstić information content (AvgIpc) is 2.73. The van der Waals surface area contributed by atoms with Crippen molar-refractivity contribution in [1.29, 1.82) is 0 Å². The molecule has 0 saturated carbocycles. The summed E-state index contributed by atoms with van der Waals surface area (Å²) in [6.45, 7) is 12.2. The predicted octanol–water partition coefficient (Wildman–Crippen LogP) is 3.46. The van der Waals surface area contributed by atoms with Crippen molar-refractivity contribution in [3.8, 4) is 0 Å². The summed E-state index contributed by atoms with van der Waals surface area (Å²) in [5, 5.41) is 9.61. The molecule has 3 nitrogen and oxygen atoms in total. The Hall–Kier alpha value is -0.570. The number of aliphatic hydroxyl groups is 1. The quantitative estimate of drug-likeness (QED) is 0.758. The van der Waals surface area contributed by atoms with E-state index in [0.29, 0.717) is 6.54 Å². The van der Waals surface area contributed by atoms with Crippen LogP contribution < -0.4 is 0 Å². The lowest BCUT2D eigenvalue weighted by molar-refractivity contribution is -0.138. The number of rotatable bonds is 6. The van der Waals surface area contributed by atoms with Crippen molar-refractivity contribution in [2.45, 2.75) is 72.8 Å². The third kappa shape index (κ3) is 5.43. The Labute approximate surface area is 124 Å². The fourth-order valence-corrected chi connectivity index (χ4v) is 2.99. The van der Waals surface area contributed by atoms with E-state index in [-0.39, 0.29) is 23.3 Å². The molecule has 1 saturated heterocycles. The van der Waals surface area contributed by atoms with E-state index in [0.717, 1.165) is 31.7 Å². The second-order valence-electron chi connectivity index (χ2n) is 7.82. The molecule has 0 aliphatic carbocycles. The van der Waals surface area contributed by atoms with Crippen LogP contribution in [0.1, 0.15) is 66.7 Å². The molecular weight excluding hydrogens is 250 g/mol. The van der Waals surface area contributed by atoms with Gasteiger partial charge in [0.25, 0.3) is 0 Å². The molecule has 0 spiro atoms. The van der Waals surface area contributed by atoms with Crippen LogP contribution in [0.25, 0.3) is 0 Å². The summed E-state index contributed by atoms with van der Waals surface area (Å²) in [7, 11) is 0. The largest absolute Gasteiger partial charge is 0.391 e. The third-order valence-corrected chi connectivity index (χ3v) is 4.34. The highest BCUT2D eigenvalue weighted by atomic mass is 16.3. The van der Waals surface area contributed by atoms with Crippen LogP contribution in [0.4, 0.5) is 0 Å². The van der Waals surface area contributed by atoms with E-state index in [2.05, 4.69) is 34.6 Å². The number of unbranched alkanes of at least 4 members (excludes halogenated alkanes) is 1. The molecule has 1 heterocycles. The Balaban J connectivity index is 2.53. The highest BCUT2D eigenvalue weighted by Crippen LogP contribution is 2.33. The number of aliphatic hydroxyl groups excluding tert-OH is 1. The van der Waals surface area contributed by atoms with Gasteiger partial charge in [0.2, 0.25) is 5.91 Å². The number of hydrogen-bond donors (Lipinski definition) is 1. The standard InChI is InChI=1S/C17H33NO2/c1-13(2)8-6-7-9-15(17(3,4)5)16(20)18-11-10-14(19)12-18/h13-15,19H,6-12H2,1-5H3. The number of nitrogens with zero attached hydrogens (tertiary/aromatic N) is 1. The zero-order valence-corrected chi connectivity index (χ0v) is 14.0. The SMILES string of the molecule is CC(C)CCCCC(C(=O)N1CCC(O)C1)C(C)(C)C. The van der Waals surface area contributed by atoms with Crippen LogP contribution in [0.5, 0.6) is 0 Å². The minimum Gasteiger partial charge on any atom is -0.391 e. The van der Waals surface area contributed by atoms with Crippen molar-refractivity contribution in [2.24, 2.45) is 17.3 Å². The molecule has 1 aliphatic rings. The molecule has 1 aliphatic heterocycles. The van der Waals surface area contributed by atoms with Crippen molar-refractivity contribution in [1.82, 2.24) is 4.90 Å². The van der Waals surface area contributed by atoms with E-state index in [1.165, 1.54) is 12.8 Å². The van der Waals surface area contributed by atoms with E-state index < -0.39 is 0 Å². The zero-order chi connectivity index (χ0) is 15.3. The highest BCUT2D eigenvalue weighted by Gasteiger charge is 2.36. The predicted molar refractivity (Wildman–Crippen MR) is 83.5 cm³/mol. The van der Waals surface area contributed by atoms with E-state index >= 15 is 0 Å². The first-order valence-corrected chi connectivity index (χ1v) is 8.18. The van der Waals surface area contributed by atoms with Gasteiger partial charge >= 0.3 is 0 Å². The van der Waals surface area contributed by atoms with Crippen LogP contribution in [0.15, 0.2) is 0 Å². The molecule has 0 radical (unpaired) electrons. The van der Waals surface area contributed by atoms with E-state index in [1.807, 2.05) is 4.90 Å². The topological polar surface area (TPSA) is 40.5 Å². The molecule has 3 heteroatoms. The molecular formula is C17H33NO2. The number of hydrogen-bond acceptors (Lipinski definition) is 2. The van der Waals surface area contributed by atoms with Crippen LogP contribution in [0.3, 0.4) is 0 Å². The Bertz CT molecular complexity index is 307. The maximum absolute atomic E-state index is 12.7. The van der Waals surface area contributed by atoms with Crippen molar-refractivity contribution in [3.63, 3.8) is 0 Å². The van der Waals surface area contributed by atoms with Gasteiger partial charge in [0.15, 0.2) is 0 Å². The molecule has 1 fully saturated rings. The lowest BCUT2D eigenvalue weighted by Gasteiger charge is -2.33. The number of carbonyl (C=O) groups is 1. The van der Waals surface area contributed by atoms with Crippen LogP contribution >= 0.6 is 0 Å². The molecule has 0 aromatic heterocycles. The Morgan fingerprint density at radius 2 is 1.85 bits per heavy atom. The Morgan fingerprint density at radius 3 is 2.30 bits per heavy atom. The van der Waals surface area contributed by atoms with Crippen LogP contribution in [-0.4, -0.2) is 35.1 Å². The van der Waals surface area contributed by atoms with Crippen molar-refractivity contribution in [3.05, 3.63) is 0 Å². The molecule has 1 rings (SSSR count). The zero-order valence-electron chi connectivity index (χ0n) is 14.0. The van der Waals surface area contributed by atoms with E-state index in [4.69, 9.17) is 0 Å². The second kappa shape index (κ2) is 7.44. The smallest absolute Gasteiger partial charge is 0.226 e. The van der Waals surface area contributed by atoms with Crippen molar-refractivity contribution < 1.29 is 9.90 Å². The Morgan fingerprint density at radius 1 is 1.25 bits per heavy atom. The van der Waals surface area contributed by atoms with Gasteiger partial charge in [0.1, 0.15) is 0 Å². The number of amides is 1. The van der Waals surface area contributed by atoms with E-state index in [1.54, 1.807) is 0 Å². The van der Waals surface area contributed by atoms with Gasteiger partial charge in [0, 0.05) is 19.0 Å². The summed E-state index contributed by atoms with van der Waals surface area (Å²) >= 11 is 0. The number of likely N-dealkylation sites (tertiary alicyclic amines) is 1. The first-order valence-electron chi connectivity index (χ1n) is 8.18. The van der Waals surface area contributed by atoms with Gasteiger partial charge < -0.3 is 10.0 Å². The van der Waals surface area contributed by atoms with Crippen LogP contribution in [-0.2, 0) is 4.79 Å². The normalized spacial score (nSPS) is 21.6. The summed E-state index contributed by atoms with van der Waals surface area (Å²) in [6.07, 6.45) is 4.97. The monoisotopic (exact) mass is 283 g/mol. The van der Waals surface area contributed by atoms with Gasteiger partial charge in [-0.1, -0.05) is 53.9 Å². The van der Waals surface area contributed by atoms with Gasteiger partial charge in [-0.05, 0) is 24.2 Å². The fraction of sp³-hybridized carbons (Fsp3) is 0.941. The first-order chi connectivity index (χ1) is 9.21. The fourth-order valence-electron chi connectivity index (χ4n) is 2.99. The summed E-state index contributed by atoms with van der Waals surface area (Å²) in [6, 6.07) is 0. The highest BCUT2D eigenvalue weighted by molar-refractivity contribution is 5.79. The summed E-state index contributed by atoms with van der Waals surface area (Å²) in [4.78, 5) is 14.5. The average molecular weight is 283 g/mol. The molecule has 2 unspecified atom stereocenters. The molecule has 0 aromatic rings. The second-order valence-corrected chi connectivity index (χ2v) is 7.82. The molecule has 1 amide bonds. The lowest BCUT2D eigenvalue weighted by Crippen LogP contribution is -2.40. The van der Waals surface area contributed by atoms with Gasteiger partial charge in [-0.15, -0.1) is 0 Å². The van der Waals surface area contributed by atoms with Crippen molar-refractivity contribution >= 4 is 5.91 Å². The molecule has 118 valence electrons. The van der Waals surface area contributed by atoms with Crippen LogP contribution in [0.2, 0.25) is 0 Å². The minimum absolute atomic E-state index is 0.00244. The Kier molecular flexibility index (Phi) is 6.50. The molecule has 20 heavy (non-hydrogen) atoms. The molecule has 1 N–H and O–H groups in total. The summed E-state index contributed by atoms with van der Waals surface area (Å²) < 4.78 is 0. The maximum atomic E-state index is 12.7. The van der Waals surface area contributed by atoms with Crippen molar-refractivity contribution in [2.75, 3.05) is 13.1 Å². The van der Waals surface area contributed by atoms with E-state index in [9.17, 15) is 9.90 Å². The molecule has 0 aromatic carbocycles. The van der Waals surface area contributed by atoms with Gasteiger partial charge in [0.05, 0.1) is 6.10 Å². The van der Waals surface area contributed by atoms with Gasteiger partial charge in [-0.2, -0.15) is 0 Å². The first kappa shape index (κ1) is 17.5. The molecule has 2 atom stereocenters. The van der Waals surface area contributed by atoms with Gasteiger partial charge in [-0.3, -0.25) is 4.79 Å². The third-order valence-electron chi connectivity index (χ3n) is 4.34.